The fourth-order valence-corrected chi connectivity index (χ4v) is 3.70. The summed E-state index contributed by atoms with van der Waals surface area (Å²) in [5, 5.41) is 20.0. The van der Waals surface area contributed by atoms with E-state index in [4.69, 9.17) is 4.74 Å². The van der Waals surface area contributed by atoms with Crippen molar-refractivity contribution < 1.29 is 28.8 Å². The first kappa shape index (κ1) is 25.4. The zero-order valence-electron chi connectivity index (χ0n) is 19.3. The SMILES string of the molecule is CCC(N(NC(=O)c1cc(B(O)O)ccc1F)C(=O)c1cccc(OC)c1C)C(C)(C)C. The molecule has 1 atom stereocenters. The van der Waals surface area contributed by atoms with Crippen LogP contribution in [-0.4, -0.2) is 47.1 Å². The average molecular weight is 444 g/mol. The van der Waals surface area contributed by atoms with Crippen molar-refractivity contribution in [3.05, 3.63) is 58.9 Å². The molecule has 2 amide bonds. The molecule has 2 rings (SSSR count). The molecular formula is C23H30BFN2O5. The highest BCUT2D eigenvalue weighted by Gasteiger charge is 2.35. The molecule has 0 aliphatic carbocycles. The highest BCUT2D eigenvalue weighted by molar-refractivity contribution is 6.58. The first-order chi connectivity index (χ1) is 14.9. The number of hydrogen-bond acceptors (Lipinski definition) is 5. The van der Waals surface area contributed by atoms with Crippen LogP contribution in [0.1, 0.15) is 60.4 Å². The van der Waals surface area contributed by atoms with E-state index in [9.17, 15) is 24.0 Å². The topological polar surface area (TPSA) is 99.1 Å². The highest BCUT2D eigenvalue weighted by Crippen LogP contribution is 2.29. The van der Waals surface area contributed by atoms with E-state index in [0.29, 0.717) is 23.3 Å². The van der Waals surface area contributed by atoms with E-state index in [-0.39, 0.29) is 5.46 Å². The molecule has 0 heterocycles. The molecule has 0 aliphatic heterocycles. The summed E-state index contributed by atoms with van der Waals surface area (Å²) < 4.78 is 19.7. The molecule has 0 saturated heterocycles. The van der Waals surface area contributed by atoms with Gasteiger partial charge in [0.05, 0.1) is 18.7 Å². The molecule has 0 fully saturated rings. The zero-order chi connectivity index (χ0) is 24.2. The molecule has 0 aromatic heterocycles. The van der Waals surface area contributed by atoms with Gasteiger partial charge in [-0.2, -0.15) is 0 Å². The number of rotatable bonds is 6. The average Bonchev–Trinajstić information content (AvgIpc) is 2.72. The van der Waals surface area contributed by atoms with Gasteiger partial charge in [-0.15, -0.1) is 0 Å². The molecule has 2 aromatic carbocycles. The third-order valence-corrected chi connectivity index (χ3v) is 5.41. The summed E-state index contributed by atoms with van der Waals surface area (Å²) in [6, 6.07) is 7.83. The number of amides is 2. The number of hydrazine groups is 1. The van der Waals surface area contributed by atoms with Crippen LogP contribution in [0.2, 0.25) is 0 Å². The molecule has 0 radical (unpaired) electrons. The molecule has 0 bridgehead atoms. The Morgan fingerprint density at radius 2 is 1.84 bits per heavy atom. The maximum absolute atomic E-state index is 14.4. The summed E-state index contributed by atoms with van der Waals surface area (Å²) in [6.45, 7) is 9.46. The Morgan fingerprint density at radius 3 is 2.38 bits per heavy atom. The van der Waals surface area contributed by atoms with Gasteiger partial charge in [-0.25, -0.2) is 9.40 Å². The molecule has 7 nitrogen and oxygen atoms in total. The van der Waals surface area contributed by atoms with Crippen LogP contribution in [0.15, 0.2) is 36.4 Å². The van der Waals surface area contributed by atoms with Crippen molar-refractivity contribution in [2.75, 3.05) is 7.11 Å². The summed E-state index contributed by atoms with van der Waals surface area (Å²) in [5.74, 6) is -1.65. The van der Waals surface area contributed by atoms with Gasteiger partial charge in [-0.05, 0) is 48.5 Å². The standard InChI is InChI=1S/C23H30BFN2O5/c1-7-20(23(3,4)5)27(22(29)16-9-8-10-19(32-6)14(16)2)26-21(28)17-13-15(24(30)31)11-12-18(17)25/h8-13,20,30-31H,7H2,1-6H3,(H,26,28). The van der Waals surface area contributed by atoms with Gasteiger partial charge in [0.1, 0.15) is 11.6 Å². The van der Waals surface area contributed by atoms with E-state index in [2.05, 4.69) is 5.43 Å². The number of carbonyl (C=O) groups is 2. The van der Waals surface area contributed by atoms with Gasteiger partial charge in [0.25, 0.3) is 11.8 Å². The predicted octanol–water partition coefficient (Wildman–Crippen LogP) is 2.43. The van der Waals surface area contributed by atoms with Crippen molar-refractivity contribution >= 4 is 24.4 Å². The van der Waals surface area contributed by atoms with E-state index in [1.807, 2.05) is 27.7 Å². The maximum Gasteiger partial charge on any atom is 0.488 e. The molecule has 0 aliphatic rings. The van der Waals surface area contributed by atoms with E-state index < -0.39 is 41.8 Å². The Kier molecular flexibility index (Phi) is 8.04. The third-order valence-electron chi connectivity index (χ3n) is 5.41. The number of ether oxygens (including phenoxy) is 1. The van der Waals surface area contributed by atoms with Crippen LogP contribution in [0.5, 0.6) is 5.75 Å². The van der Waals surface area contributed by atoms with Crippen molar-refractivity contribution in [2.45, 2.75) is 47.1 Å². The van der Waals surface area contributed by atoms with Gasteiger partial charge in [-0.1, -0.05) is 39.8 Å². The van der Waals surface area contributed by atoms with E-state index in [1.165, 1.54) is 18.2 Å². The molecule has 0 spiro atoms. The summed E-state index contributed by atoms with van der Waals surface area (Å²) in [6.07, 6.45) is 0.524. The van der Waals surface area contributed by atoms with Gasteiger partial charge in [0.15, 0.2) is 0 Å². The van der Waals surface area contributed by atoms with Crippen LogP contribution in [0.25, 0.3) is 0 Å². The van der Waals surface area contributed by atoms with Gasteiger partial charge in [0.2, 0.25) is 0 Å². The monoisotopic (exact) mass is 444 g/mol. The van der Waals surface area contributed by atoms with Crippen LogP contribution in [0, 0.1) is 18.2 Å². The van der Waals surface area contributed by atoms with E-state index in [1.54, 1.807) is 25.1 Å². The maximum atomic E-state index is 14.4. The van der Waals surface area contributed by atoms with Crippen molar-refractivity contribution in [3.8, 4) is 5.75 Å². The smallest absolute Gasteiger partial charge is 0.488 e. The molecule has 0 saturated carbocycles. The first-order valence-corrected chi connectivity index (χ1v) is 10.4. The lowest BCUT2D eigenvalue weighted by Crippen LogP contribution is -2.56. The number of nitrogens with one attached hydrogen (secondary N) is 1. The zero-order valence-corrected chi connectivity index (χ0v) is 19.3. The fraction of sp³-hybridized carbons (Fsp3) is 0.391. The van der Waals surface area contributed by atoms with Crippen LogP contribution < -0.4 is 15.6 Å². The lowest BCUT2D eigenvalue weighted by atomic mass is 9.79. The van der Waals surface area contributed by atoms with Crippen molar-refractivity contribution in [3.63, 3.8) is 0 Å². The van der Waals surface area contributed by atoms with Crippen LogP contribution in [-0.2, 0) is 0 Å². The Balaban J connectivity index is 2.53. The van der Waals surface area contributed by atoms with Crippen molar-refractivity contribution in [1.82, 2.24) is 10.4 Å². The summed E-state index contributed by atoms with van der Waals surface area (Å²) >= 11 is 0. The molecule has 32 heavy (non-hydrogen) atoms. The number of nitrogens with zero attached hydrogens (tertiary/aromatic N) is 1. The summed E-state index contributed by atoms with van der Waals surface area (Å²) in [5.41, 5.74) is 2.66. The molecule has 9 heteroatoms. The van der Waals surface area contributed by atoms with Crippen molar-refractivity contribution in [2.24, 2.45) is 5.41 Å². The largest absolute Gasteiger partial charge is 0.496 e. The van der Waals surface area contributed by atoms with Crippen LogP contribution in [0.3, 0.4) is 0 Å². The van der Waals surface area contributed by atoms with Gasteiger partial charge < -0.3 is 14.8 Å². The Bertz CT molecular complexity index is 991. The van der Waals surface area contributed by atoms with Gasteiger partial charge >= 0.3 is 7.12 Å². The highest BCUT2D eigenvalue weighted by atomic mass is 19.1. The number of benzene rings is 2. The number of carbonyl (C=O) groups excluding carboxylic acids is 2. The molecule has 172 valence electrons. The minimum atomic E-state index is -1.86. The van der Waals surface area contributed by atoms with E-state index in [0.717, 1.165) is 12.1 Å². The Labute approximate surface area is 188 Å². The Morgan fingerprint density at radius 1 is 1.19 bits per heavy atom. The molecule has 1 unspecified atom stereocenters. The van der Waals surface area contributed by atoms with Crippen molar-refractivity contribution in [1.29, 1.82) is 0 Å². The number of halogens is 1. The first-order valence-electron chi connectivity index (χ1n) is 10.4. The molecule has 2 aromatic rings. The second-order valence-electron chi connectivity index (χ2n) is 8.65. The summed E-state index contributed by atoms with van der Waals surface area (Å²) in [4.78, 5) is 26.6. The third kappa shape index (κ3) is 5.47. The minimum absolute atomic E-state index is 0.0408. The Hall–Kier alpha value is -2.91. The van der Waals surface area contributed by atoms with Gasteiger partial charge in [0, 0.05) is 11.1 Å². The van der Waals surface area contributed by atoms with Crippen LogP contribution >= 0.6 is 0 Å². The minimum Gasteiger partial charge on any atom is -0.496 e. The molecule has 3 N–H and O–H groups in total. The van der Waals surface area contributed by atoms with E-state index >= 15 is 0 Å². The second kappa shape index (κ2) is 10.1. The lowest BCUT2D eigenvalue weighted by Gasteiger charge is -2.39. The molecular weight excluding hydrogens is 414 g/mol. The normalized spacial score (nSPS) is 12.2. The quantitative estimate of drug-likeness (QED) is 0.470. The van der Waals surface area contributed by atoms with Crippen LogP contribution in [0.4, 0.5) is 4.39 Å². The number of methoxy groups -OCH3 is 1. The lowest BCUT2D eigenvalue weighted by molar-refractivity contribution is 0.0282. The van der Waals surface area contributed by atoms with Gasteiger partial charge in [-0.3, -0.25) is 15.0 Å². The second-order valence-corrected chi connectivity index (χ2v) is 8.65. The number of hydrogen-bond donors (Lipinski definition) is 3. The fourth-order valence-electron chi connectivity index (χ4n) is 3.70. The predicted molar refractivity (Wildman–Crippen MR) is 121 cm³/mol. The summed E-state index contributed by atoms with van der Waals surface area (Å²) in [7, 11) is -0.358.